The van der Waals surface area contributed by atoms with Crippen molar-refractivity contribution in [2.24, 2.45) is 0 Å². The third-order valence-electron chi connectivity index (χ3n) is 4.32. The molecule has 0 aromatic heterocycles. The quantitative estimate of drug-likeness (QED) is 0.900. The zero-order chi connectivity index (χ0) is 14.6. The third kappa shape index (κ3) is 3.83. The monoisotopic (exact) mass is 274 g/mol. The molecule has 1 aliphatic rings. The summed E-state index contributed by atoms with van der Waals surface area (Å²) in [7, 11) is 0. The Morgan fingerprint density at radius 1 is 1.10 bits per heavy atom. The summed E-state index contributed by atoms with van der Waals surface area (Å²) in [6.45, 7) is 13.7. The summed E-state index contributed by atoms with van der Waals surface area (Å²) in [5.41, 5.74) is 3.16. The van der Waals surface area contributed by atoms with Gasteiger partial charge in [0.1, 0.15) is 0 Å². The Kier molecular flexibility index (Phi) is 5.22. The summed E-state index contributed by atoms with van der Waals surface area (Å²) in [6.07, 6.45) is 2.50. The van der Waals surface area contributed by atoms with E-state index < -0.39 is 0 Å². The van der Waals surface area contributed by atoms with Gasteiger partial charge in [-0.1, -0.05) is 58.4 Å². The molecule has 1 heterocycles. The molecule has 0 bridgehead atoms. The number of benzene rings is 1. The van der Waals surface area contributed by atoms with Gasteiger partial charge in [-0.15, -0.1) is 0 Å². The van der Waals surface area contributed by atoms with Crippen molar-refractivity contribution in [2.45, 2.75) is 52.0 Å². The summed E-state index contributed by atoms with van der Waals surface area (Å²) < 4.78 is 0. The summed E-state index contributed by atoms with van der Waals surface area (Å²) in [5.74, 6) is 0. The van der Waals surface area contributed by atoms with E-state index in [9.17, 15) is 0 Å². The summed E-state index contributed by atoms with van der Waals surface area (Å²) in [6, 6.07) is 9.93. The molecule has 0 unspecified atom stereocenters. The predicted molar refractivity (Wildman–Crippen MR) is 87.2 cm³/mol. The summed E-state index contributed by atoms with van der Waals surface area (Å²) >= 11 is 0. The van der Waals surface area contributed by atoms with Gasteiger partial charge in [0, 0.05) is 32.2 Å². The highest BCUT2D eigenvalue weighted by molar-refractivity contribution is 5.29. The lowest BCUT2D eigenvalue weighted by Crippen LogP contribution is -2.45. The smallest absolute Gasteiger partial charge is 0.0349 e. The zero-order valence-electron chi connectivity index (χ0n) is 13.6. The Balaban J connectivity index is 2.16. The van der Waals surface area contributed by atoms with Crippen LogP contribution in [0.4, 0.5) is 0 Å². The Labute approximate surface area is 124 Å². The van der Waals surface area contributed by atoms with Gasteiger partial charge in [-0.05, 0) is 23.0 Å². The fraction of sp³-hybridized carbons (Fsp3) is 0.667. The van der Waals surface area contributed by atoms with Gasteiger partial charge in [0.15, 0.2) is 0 Å². The average Bonchev–Trinajstić information content (AvgIpc) is 2.45. The molecule has 1 aromatic rings. The van der Waals surface area contributed by atoms with Crippen LogP contribution in [0.3, 0.4) is 0 Å². The molecule has 20 heavy (non-hydrogen) atoms. The van der Waals surface area contributed by atoms with Gasteiger partial charge in [-0.3, -0.25) is 4.90 Å². The maximum atomic E-state index is 3.45. The van der Waals surface area contributed by atoms with Crippen LogP contribution in [0.15, 0.2) is 24.3 Å². The molecule has 1 atom stereocenters. The van der Waals surface area contributed by atoms with Crippen molar-refractivity contribution in [1.82, 2.24) is 10.2 Å². The van der Waals surface area contributed by atoms with E-state index >= 15 is 0 Å². The molecule has 0 amide bonds. The van der Waals surface area contributed by atoms with Crippen LogP contribution in [0, 0.1) is 0 Å². The molecule has 2 rings (SSSR count). The van der Waals surface area contributed by atoms with E-state index in [2.05, 4.69) is 62.2 Å². The summed E-state index contributed by atoms with van der Waals surface area (Å²) in [5, 5.41) is 3.45. The Bertz CT molecular complexity index is 396. The fourth-order valence-electron chi connectivity index (χ4n) is 3.03. The first kappa shape index (κ1) is 15.5. The van der Waals surface area contributed by atoms with Crippen LogP contribution < -0.4 is 5.32 Å². The van der Waals surface area contributed by atoms with Gasteiger partial charge >= 0.3 is 0 Å². The molecule has 0 saturated carbocycles. The van der Waals surface area contributed by atoms with E-state index in [0.29, 0.717) is 6.04 Å². The maximum absolute atomic E-state index is 3.45. The van der Waals surface area contributed by atoms with Crippen molar-refractivity contribution in [3.05, 3.63) is 35.4 Å². The van der Waals surface area contributed by atoms with E-state index in [4.69, 9.17) is 0 Å². The Morgan fingerprint density at radius 2 is 1.70 bits per heavy atom. The van der Waals surface area contributed by atoms with Crippen molar-refractivity contribution >= 4 is 0 Å². The van der Waals surface area contributed by atoms with Crippen molar-refractivity contribution < 1.29 is 0 Å². The minimum absolute atomic E-state index is 0.244. The third-order valence-corrected chi connectivity index (χ3v) is 4.32. The largest absolute Gasteiger partial charge is 0.314 e. The van der Waals surface area contributed by atoms with E-state index in [0.717, 1.165) is 13.1 Å². The molecule has 0 spiro atoms. The van der Waals surface area contributed by atoms with E-state index in [-0.39, 0.29) is 5.41 Å². The lowest BCUT2D eigenvalue weighted by atomic mass is 9.86. The number of hydrogen-bond donors (Lipinski definition) is 1. The first-order valence-corrected chi connectivity index (χ1v) is 8.07. The van der Waals surface area contributed by atoms with Crippen LogP contribution in [0.5, 0.6) is 0 Å². The van der Waals surface area contributed by atoms with Crippen LogP contribution in [0.25, 0.3) is 0 Å². The second-order valence-corrected chi connectivity index (χ2v) is 6.96. The van der Waals surface area contributed by atoms with Crippen LogP contribution in [-0.2, 0) is 5.41 Å². The predicted octanol–water partition coefficient (Wildman–Crippen LogP) is 3.73. The molecule has 1 aromatic carbocycles. The molecular weight excluding hydrogens is 244 g/mol. The molecule has 0 radical (unpaired) electrons. The van der Waals surface area contributed by atoms with Crippen LogP contribution in [0.1, 0.15) is 57.7 Å². The Morgan fingerprint density at radius 3 is 2.20 bits per heavy atom. The van der Waals surface area contributed by atoms with Crippen molar-refractivity contribution in [1.29, 1.82) is 0 Å². The highest BCUT2D eigenvalue weighted by atomic mass is 15.2. The van der Waals surface area contributed by atoms with E-state index in [1.54, 1.807) is 0 Å². The highest BCUT2D eigenvalue weighted by Crippen LogP contribution is 2.29. The topological polar surface area (TPSA) is 15.3 Å². The number of rotatable bonds is 4. The SMILES string of the molecule is CCC[C@@H](c1ccc(C(C)(C)C)cc1)N1CCNCC1. The molecule has 0 aliphatic carbocycles. The van der Waals surface area contributed by atoms with E-state index in [1.165, 1.54) is 37.1 Å². The molecule has 112 valence electrons. The van der Waals surface area contributed by atoms with Crippen molar-refractivity contribution in [3.63, 3.8) is 0 Å². The van der Waals surface area contributed by atoms with Gasteiger partial charge in [0.05, 0.1) is 0 Å². The number of nitrogens with zero attached hydrogens (tertiary/aromatic N) is 1. The molecule has 2 heteroatoms. The fourth-order valence-corrected chi connectivity index (χ4v) is 3.03. The summed E-state index contributed by atoms with van der Waals surface area (Å²) in [4.78, 5) is 2.64. The zero-order valence-corrected chi connectivity index (χ0v) is 13.6. The highest BCUT2D eigenvalue weighted by Gasteiger charge is 2.22. The molecule has 2 nitrogen and oxygen atoms in total. The van der Waals surface area contributed by atoms with Crippen LogP contribution in [-0.4, -0.2) is 31.1 Å². The van der Waals surface area contributed by atoms with Gasteiger partial charge in [0.2, 0.25) is 0 Å². The van der Waals surface area contributed by atoms with Gasteiger partial charge in [-0.2, -0.15) is 0 Å². The lowest BCUT2D eigenvalue weighted by molar-refractivity contribution is 0.164. The van der Waals surface area contributed by atoms with Crippen molar-refractivity contribution in [2.75, 3.05) is 26.2 Å². The maximum Gasteiger partial charge on any atom is 0.0349 e. The molecule has 1 saturated heterocycles. The molecular formula is C18H30N2. The molecule has 1 N–H and O–H groups in total. The van der Waals surface area contributed by atoms with Gasteiger partial charge in [0.25, 0.3) is 0 Å². The minimum atomic E-state index is 0.244. The first-order chi connectivity index (χ1) is 9.52. The first-order valence-electron chi connectivity index (χ1n) is 8.07. The van der Waals surface area contributed by atoms with Crippen LogP contribution >= 0.6 is 0 Å². The normalized spacial score (nSPS) is 19.0. The Hall–Kier alpha value is -0.860. The number of nitrogens with one attached hydrogen (secondary N) is 1. The van der Waals surface area contributed by atoms with Gasteiger partial charge in [-0.25, -0.2) is 0 Å². The second kappa shape index (κ2) is 6.73. The standard InChI is InChI=1S/C18H30N2/c1-5-6-17(20-13-11-19-12-14-20)15-7-9-16(10-8-15)18(2,3)4/h7-10,17,19H,5-6,11-14H2,1-4H3/t17-/m0/s1. The van der Waals surface area contributed by atoms with Crippen LogP contribution in [0.2, 0.25) is 0 Å². The molecule has 1 aliphatic heterocycles. The average molecular weight is 274 g/mol. The number of hydrogen-bond acceptors (Lipinski definition) is 2. The van der Waals surface area contributed by atoms with E-state index in [1.807, 2.05) is 0 Å². The van der Waals surface area contributed by atoms with Gasteiger partial charge < -0.3 is 5.32 Å². The lowest BCUT2D eigenvalue weighted by Gasteiger charge is -2.35. The number of piperazine rings is 1. The van der Waals surface area contributed by atoms with Crippen molar-refractivity contribution in [3.8, 4) is 0 Å². The second-order valence-electron chi connectivity index (χ2n) is 6.96. The minimum Gasteiger partial charge on any atom is -0.314 e. The molecule has 1 fully saturated rings.